The molecule has 1 saturated carbocycles. The number of thiazole rings is 1. The smallest absolute Gasteiger partial charge is 0.306 e. The van der Waals surface area contributed by atoms with Gasteiger partial charge < -0.3 is 10.2 Å². The molecule has 0 radical (unpaired) electrons. The second-order valence-electron chi connectivity index (χ2n) is 5.13. The van der Waals surface area contributed by atoms with E-state index in [9.17, 15) is 9.90 Å². The van der Waals surface area contributed by atoms with Gasteiger partial charge in [0, 0.05) is 0 Å². The van der Waals surface area contributed by atoms with Gasteiger partial charge in [0.2, 0.25) is 0 Å². The number of carboxylic acids is 1. The Kier molecular flexibility index (Phi) is 4.63. The third-order valence-corrected chi connectivity index (χ3v) is 5.78. The van der Waals surface area contributed by atoms with Crippen LogP contribution in [0.3, 0.4) is 0 Å². The molecule has 1 aliphatic carbocycles. The Bertz CT molecular complexity index is 456. The minimum Gasteiger partial charge on any atom is -0.481 e. The molecule has 19 heavy (non-hydrogen) atoms. The highest BCUT2D eigenvalue weighted by molar-refractivity contribution is 9.11. The van der Waals surface area contributed by atoms with Crippen LogP contribution in [0.5, 0.6) is 0 Å². The van der Waals surface area contributed by atoms with Crippen LogP contribution in [0.4, 0.5) is 0 Å². The molecule has 1 heterocycles. The molecular formula is C13H18BrNO3S. The zero-order valence-electron chi connectivity index (χ0n) is 10.8. The van der Waals surface area contributed by atoms with Crippen molar-refractivity contribution < 1.29 is 15.0 Å². The van der Waals surface area contributed by atoms with Gasteiger partial charge in [-0.15, -0.1) is 11.3 Å². The lowest BCUT2D eigenvalue weighted by Gasteiger charge is -2.37. The summed E-state index contributed by atoms with van der Waals surface area (Å²) in [6, 6.07) is 0. The quantitative estimate of drug-likeness (QED) is 0.875. The van der Waals surface area contributed by atoms with Gasteiger partial charge in [0.05, 0.1) is 15.9 Å². The zero-order chi connectivity index (χ0) is 14.0. The first-order chi connectivity index (χ1) is 8.97. The summed E-state index contributed by atoms with van der Waals surface area (Å²) < 4.78 is 0.911. The summed E-state index contributed by atoms with van der Waals surface area (Å²) in [6.07, 6.45) is 5.11. The number of carbonyl (C=O) groups is 1. The van der Waals surface area contributed by atoms with Crippen molar-refractivity contribution in [1.82, 2.24) is 4.98 Å². The molecule has 4 nitrogen and oxygen atoms in total. The minimum absolute atomic E-state index is 0.103. The molecule has 0 aliphatic heterocycles. The fraction of sp³-hybridized carbons (Fsp3) is 0.692. The SMILES string of the molecule is CCC(O)(c1ncc(Br)s1)C1CCC(C(=O)O)CC1. The number of aliphatic carboxylic acids is 1. The Morgan fingerprint density at radius 3 is 2.58 bits per heavy atom. The Hall–Kier alpha value is -0.460. The average Bonchev–Trinajstić information content (AvgIpc) is 2.85. The lowest BCUT2D eigenvalue weighted by atomic mass is 9.72. The first-order valence-electron chi connectivity index (χ1n) is 6.54. The maximum Gasteiger partial charge on any atom is 0.306 e. The van der Waals surface area contributed by atoms with Crippen LogP contribution in [0.15, 0.2) is 9.98 Å². The molecule has 0 aromatic carbocycles. The molecular weight excluding hydrogens is 330 g/mol. The molecule has 6 heteroatoms. The van der Waals surface area contributed by atoms with Crippen LogP contribution in [-0.4, -0.2) is 21.2 Å². The van der Waals surface area contributed by atoms with Crippen LogP contribution < -0.4 is 0 Å². The number of rotatable bonds is 4. The van der Waals surface area contributed by atoms with Crippen LogP contribution in [0, 0.1) is 11.8 Å². The van der Waals surface area contributed by atoms with Crippen molar-refractivity contribution in [3.05, 3.63) is 15.0 Å². The Labute approximate surface area is 125 Å². The largest absolute Gasteiger partial charge is 0.481 e. The predicted molar refractivity (Wildman–Crippen MR) is 77.1 cm³/mol. The third-order valence-electron chi connectivity index (χ3n) is 4.14. The second kappa shape index (κ2) is 5.89. The number of aliphatic hydroxyl groups is 1. The first kappa shape index (κ1) is 14.9. The Morgan fingerprint density at radius 2 is 2.16 bits per heavy atom. The Morgan fingerprint density at radius 1 is 1.53 bits per heavy atom. The molecule has 2 rings (SSSR count). The van der Waals surface area contributed by atoms with Crippen molar-refractivity contribution in [2.75, 3.05) is 0 Å². The molecule has 0 bridgehead atoms. The molecule has 0 amide bonds. The molecule has 2 N–H and O–H groups in total. The van der Waals surface area contributed by atoms with Gasteiger partial charge in [-0.2, -0.15) is 0 Å². The highest BCUT2D eigenvalue weighted by Gasteiger charge is 2.42. The summed E-state index contributed by atoms with van der Waals surface area (Å²) >= 11 is 4.83. The standard InChI is InChI=1S/C13H18BrNO3S/c1-2-13(18,12-15-7-10(14)19-12)9-5-3-8(4-6-9)11(16)17/h7-9,18H,2-6H2,1H3,(H,16,17). The highest BCUT2D eigenvalue weighted by atomic mass is 79.9. The predicted octanol–water partition coefficient (Wildman–Crippen LogP) is 3.39. The van der Waals surface area contributed by atoms with Gasteiger partial charge in [-0.05, 0) is 54.0 Å². The number of aromatic nitrogens is 1. The monoisotopic (exact) mass is 347 g/mol. The molecule has 0 spiro atoms. The van der Waals surface area contributed by atoms with E-state index in [1.165, 1.54) is 11.3 Å². The van der Waals surface area contributed by atoms with Crippen molar-refractivity contribution in [2.45, 2.75) is 44.6 Å². The maximum absolute atomic E-state index is 11.0. The van der Waals surface area contributed by atoms with Gasteiger partial charge >= 0.3 is 5.97 Å². The molecule has 1 aromatic rings. The lowest BCUT2D eigenvalue weighted by Crippen LogP contribution is -2.37. The summed E-state index contributed by atoms with van der Waals surface area (Å²) in [7, 11) is 0. The van der Waals surface area contributed by atoms with Crippen LogP contribution in [0.2, 0.25) is 0 Å². The van der Waals surface area contributed by atoms with E-state index in [0.29, 0.717) is 19.3 Å². The summed E-state index contributed by atoms with van der Waals surface area (Å²) in [6.45, 7) is 1.96. The van der Waals surface area contributed by atoms with Crippen LogP contribution in [0.1, 0.15) is 44.0 Å². The molecule has 106 valence electrons. The average molecular weight is 348 g/mol. The third kappa shape index (κ3) is 3.01. The Balaban J connectivity index is 2.13. The van der Waals surface area contributed by atoms with E-state index in [4.69, 9.17) is 5.11 Å². The topological polar surface area (TPSA) is 70.4 Å². The summed E-state index contributed by atoms with van der Waals surface area (Å²) in [5.74, 6) is -0.859. The van der Waals surface area contributed by atoms with Crippen molar-refractivity contribution >= 4 is 33.2 Å². The van der Waals surface area contributed by atoms with Gasteiger partial charge in [0.25, 0.3) is 0 Å². The molecule has 1 unspecified atom stereocenters. The van der Waals surface area contributed by atoms with Gasteiger partial charge in [-0.25, -0.2) is 4.98 Å². The molecule has 1 aliphatic rings. The van der Waals surface area contributed by atoms with Crippen LogP contribution >= 0.6 is 27.3 Å². The van der Waals surface area contributed by atoms with Crippen LogP contribution in [0.25, 0.3) is 0 Å². The minimum atomic E-state index is -0.917. The van der Waals surface area contributed by atoms with E-state index < -0.39 is 11.6 Å². The lowest BCUT2D eigenvalue weighted by molar-refractivity contribution is -0.144. The fourth-order valence-corrected chi connectivity index (χ4v) is 4.33. The molecule has 1 atom stereocenters. The van der Waals surface area contributed by atoms with E-state index in [1.54, 1.807) is 6.20 Å². The van der Waals surface area contributed by atoms with Crippen LogP contribution in [-0.2, 0) is 10.4 Å². The molecule has 0 saturated heterocycles. The second-order valence-corrected chi connectivity index (χ2v) is 7.54. The van der Waals surface area contributed by atoms with Gasteiger partial charge in [0.15, 0.2) is 0 Å². The van der Waals surface area contributed by atoms with Crippen molar-refractivity contribution in [1.29, 1.82) is 0 Å². The van der Waals surface area contributed by atoms with E-state index >= 15 is 0 Å². The number of carboxylic acid groups (broad SMARTS) is 1. The van der Waals surface area contributed by atoms with E-state index in [0.717, 1.165) is 21.6 Å². The van der Waals surface area contributed by atoms with E-state index in [2.05, 4.69) is 20.9 Å². The van der Waals surface area contributed by atoms with Gasteiger partial charge in [0.1, 0.15) is 10.6 Å². The first-order valence-corrected chi connectivity index (χ1v) is 8.15. The van der Waals surface area contributed by atoms with E-state index in [1.807, 2.05) is 6.92 Å². The normalized spacial score (nSPS) is 26.9. The van der Waals surface area contributed by atoms with Gasteiger partial charge in [-0.1, -0.05) is 6.92 Å². The van der Waals surface area contributed by atoms with E-state index in [-0.39, 0.29) is 11.8 Å². The van der Waals surface area contributed by atoms with Crippen molar-refractivity contribution in [3.63, 3.8) is 0 Å². The molecule has 1 fully saturated rings. The summed E-state index contributed by atoms with van der Waals surface area (Å²) in [5.41, 5.74) is -0.917. The number of halogens is 1. The van der Waals surface area contributed by atoms with Crippen molar-refractivity contribution in [2.24, 2.45) is 11.8 Å². The summed E-state index contributed by atoms with van der Waals surface area (Å²) in [4.78, 5) is 15.3. The zero-order valence-corrected chi connectivity index (χ0v) is 13.2. The maximum atomic E-state index is 11.0. The summed E-state index contributed by atoms with van der Waals surface area (Å²) in [5, 5.41) is 20.7. The van der Waals surface area contributed by atoms with Crippen molar-refractivity contribution in [3.8, 4) is 0 Å². The molecule has 1 aromatic heterocycles. The number of hydrogen-bond donors (Lipinski definition) is 2. The highest BCUT2D eigenvalue weighted by Crippen LogP contribution is 2.44. The number of nitrogens with zero attached hydrogens (tertiary/aromatic N) is 1. The van der Waals surface area contributed by atoms with Gasteiger partial charge in [-0.3, -0.25) is 4.79 Å². The fourth-order valence-electron chi connectivity index (χ4n) is 2.89. The number of hydrogen-bond acceptors (Lipinski definition) is 4.